The minimum atomic E-state index is -0.623. The lowest BCUT2D eigenvalue weighted by atomic mass is 10.1. The number of non-ortho nitro benzene ring substituents is 1. The van der Waals surface area contributed by atoms with Crippen molar-refractivity contribution in [3.8, 4) is 5.75 Å². The van der Waals surface area contributed by atoms with Crippen molar-refractivity contribution >= 4 is 57.9 Å². The molecule has 3 rings (SSSR count). The van der Waals surface area contributed by atoms with Crippen molar-refractivity contribution in [3.63, 3.8) is 0 Å². The van der Waals surface area contributed by atoms with Gasteiger partial charge in [0.25, 0.3) is 16.8 Å². The van der Waals surface area contributed by atoms with Crippen LogP contribution in [0.25, 0.3) is 6.08 Å². The van der Waals surface area contributed by atoms with Gasteiger partial charge in [-0.15, -0.1) is 0 Å². The van der Waals surface area contributed by atoms with Crippen molar-refractivity contribution in [2.45, 2.75) is 6.54 Å². The second-order valence-corrected chi connectivity index (χ2v) is 7.28. The van der Waals surface area contributed by atoms with Crippen LogP contribution in [0.1, 0.15) is 11.1 Å². The third-order valence-corrected chi connectivity index (χ3v) is 5.38. The monoisotopic (exact) mass is 424 g/mol. The summed E-state index contributed by atoms with van der Waals surface area (Å²) in [4.78, 5) is 36.1. The van der Waals surface area contributed by atoms with Crippen LogP contribution in [0.2, 0.25) is 10.0 Å². The highest BCUT2D eigenvalue weighted by Crippen LogP contribution is 2.37. The molecular formula is C17H10Cl2N2O5S. The molecule has 1 saturated heterocycles. The lowest BCUT2D eigenvalue weighted by molar-refractivity contribution is -0.384. The number of amides is 2. The summed E-state index contributed by atoms with van der Waals surface area (Å²) < 4.78 is 0. The van der Waals surface area contributed by atoms with E-state index in [1.807, 2.05) is 0 Å². The van der Waals surface area contributed by atoms with Gasteiger partial charge in [0.15, 0.2) is 0 Å². The minimum absolute atomic E-state index is 0.0268. The Hall–Kier alpha value is -2.55. The summed E-state index contributed by atoms with van der Waals surface area (Å²) in [6.45, 7) is -0.110. The molecule has 1 aliphatic rings. The largest absolute Gasteiger partial charge is 0.507 e. The smallest absolute Gasteiger partial charge is 0.293 e. The normalized spacial score (nSPS) is 15.6. The van der Waals surface area contributed by atoms with Gasteiger partial charge in [-0.3, -0.25) is 24.6 Å². The van der Waals surface area contributed by atoms with E-state index in [9.17, 15) is 24.8 Å². The Labute approximate surface area is 167 Å². The number of halogens is 2. The number of carbonyl (C=O) groups is 2. The minimum Gasteiger partial charge on any atom is -0.507 e. The van der Waals surface area contributed by atoms with Crippen LogP contribution in [-0.4, -0.2) is 26.1 Å². The van der Waals surface area contributed by atoms with Crippen LogP contribution in [0, 0.1) is 10.1 Å². The van der Waals surface area contributed by atoms with E-state index in [2.05, 4.69) is 0 Å². The number of phenolic OH excluding ortho intramolecular Hbond substituents is 1. The maximum atomic E-state index is 12.6. The van der Waals surface area contributed by atoms with Crippen LogP contribution in [0.3, 0.4) is 0 Å². The summed E-state index contributed by atoms with van der Waals surface area (Å²) >= 11 is 12.8. The van der Waals surface area contributed by atoms with Crippen molar-refractivity contribution in [3.05, 3.63) is 72.6 Å². The standard InChI is InChI=1S/C17H10Cl2N2O5S/c18-12-2-1-3-13(19)11(12)8-20-16(23)15(27-17(20)24)7-9-6-10(21(25)26)4-5-14(9)22/h1-7,22H,8H2/b15-7-. The third kappa shape index (κ3) is 3.92. The molecule has 10 heteroatoms. The highest BCUT2D eigenvalue weighted by Gasteiger charge is 2.36. The first-order chi connectivity index (χ1) is 12.8. The lowest BCUT2D eigenvalue weighted by Crippen LogP contribution is -2.27. The Morgan fingerprint density at radius 2 is 1.85 bits per heavy atom. The van der Waals surface area contributed by atoms with Crippen LogP contribution in [-0.2, 0) is 11.3 Å². The van der Waals surface area contributed by atoms with Crippen molar-refractivity contribution in [2.24, 2.45) is 0 Å². The molecule has 0 atom stereocenters. The summed E-state index contributed by atoms with van der Waals surface area (Å²) in [7, 11) is 0. The number of thioether (sulfide) groups is 1. The molecule has 0 aromatic heterocycles. The number of hydrogen-bond donors (Lipinski definition) is 1. The Morgan fingerprint density at radius 3 is 2.48 bits per heavy atom. The topological polar surface area (TPSA) is 101 Å². The van der Waals surface area contributed by atoms with Gasteiger partial charge in [0.2, 0.25) is 0 Å². The second-order valence-electron chi connectivity index (χ2n) is 5.47. The van der Waals surface area contributed by atoms with Gasteiger partial charge in [-0.05, 0) is 36.0 Å². The molecule has 0 aliphatic carbocycles. The van der Waals surface area contributed by atoms with E-state index in [0.29, 0.717) is 27.4 Å². The van der Waals surface area contributed by atoms with Gasteiger partial charge in [-0.1, -0.05) is 29.3 Å². The van der Waals surface area contributed by atoms with Gasteiger partial charge in [-0.2, -0.15) is 0 Å². The molecule has 0 radical (unpaired) electrons. The molecule has 0 unspecified atom stereocenters. The predicted molar refractivity (Wildman–Crippen MR) is 103 cm³/mol. The van der Waals surface area contributed by atoms with Crippen molar-refractivity contribution in [1.29, 1.82) is 0 Å². The van der Waals surface area contributed by atoms with Gasteiger partial charge < -0.3 is 5.11 Å². The Balaban J connectivity index is 1.91. The quantitative estimate of drug-likeness (QED) is 0.427. The fraction of sp³-hybridized carbons (Fsp3) is 0.0588. The molecule has 1 aliphatic heterocycles. The molecule has 0 spiro atoms. The van der Waals surface area contributed by atoms with E-state index in [4.69, 9.17) is 23.2 Å². The molecule has 138 valence electrons. The molecule has 1 heterocycles. The van der Waals surface area contributed by atoms with Gasteiger partial charge >= 0.3 is 0 Å². The van der Waals surface area contributed by atoms with Crippen LogP contribution in [0.15, 0.2) is 41.3 Å². The van der Waals surface area contributed by atoms with E-state index in [0.717, 1.165) is 23.1 Å². The average molecular weight is 425 g/mol. The first-order valence-electron chi connectivity index (χ1n) is 7.43. The number of benzene rings is 2. The van der Waals surface area contributed by atoms with Gasteiger partial charge in [0.1, 0.15) is 5.75 Å². The number of nitro benzene ring substituents is 1. The Morgan fingerprint density at radius 1 is 1.19 bits per heavy atom. The van der Waals surface area contributed by atoms with E-state index in [1.54, 1.807) is 18.2 Å². The highest BCUT2D eigenvalue weighted by molar-refractivity contribution is 8.18. The summed E-state index contributed by atoms with van der Waals surface area (Å²) in [5, 5.41) is 20.9. The van der Waals surface area contributed by atoms with Gasteiger partial charge in [0, 0.05) is 33.3 Å². The molecule has 1 fully saturated rings. The predicted octanol–water partition coefficient (Wildman–Crippen LogP) is 4.84. The fourth-order valence-corrected chi connectivity index (χ4v) is 3.74. The van der Waals surface area contributed by atoms with E-state index < -0.39 is 16.1 Å². The van der Waals surface area contributed by atoms with Crippen molar-refractivity contribution < 1.29 is 19.6 Å². The number of hydrogen-bond acceptors (Lipinski definition) is 6. The number of imide groups is 1. The number of rotatable bonds is 4. The van der Waals surface area contributed by atoms with Crippen LogP contribution < -0.4 is 0 Å². The summed E-state index contributed by atoms with van der Waals surface area (Å²) in [5.41, 5.74) is 0.245. The number of nitro groups is 1. The SMILES string of the molecule is O=C1S/C(=C\c2cc([N+](=O)[O-])ccc2O)C(=O)N1Cc1c(Cl)cccc1Cl. The fourth-order valence-electron chi connectivity index (χ4n) is 2.39. The molecule has 2 aromatic carbocycles. The summed E-state index contributed by atoms with van der Waals surface area (Å²) in [5.74, 6) is -0.853. The number of phenols is 1. The molecule has 0 bridgehead atoms. The Bertz CT molecular complexity index is 989. The summed E-state index contributed by atoms with van der Waals surface area (Å²) in [6.07, 6.45) is 1.24. The number of aromatic hydroxyl groups is 1. The second kappa shape index (κ2) is 7.59. The van der Waals surface area contributed by atoms with Crippen LogP contribution in [0.4, 0.5) is 10.5 Å². The van der Waals surface area contributed by atoms with E-state index in [-0.39, 0.29) is 28.5 Å². The maximum Gasteiger partial charge on any atom is 0.293 e. The van der Waals surface area contributed by atoms with Crippen molar-refractivity contribution in [2.75, 3.05) is 0 Å². The van der Waals surface area contributed by atoms with Crippen LogP contribution in [0.5, 0.6) is 5.75 Å². The number of carbonyl (C=O) groups excluding carboxylic acids is 2. The van der Waals surface area contributed by atoms with Gasteiger partial charge in [0.05, 0.1) is 16.4 Å². The van der Waals surface area contributed by atoms with Gasteiger partial charge in [-0.25, -0.2) is 0 Å². The molecule has 7 nitrogen and oxygen atoms in total. The third-order valence-electron chi connectivity index (χ3n) is 3.76. The molecule has 2 aromatic rings. The molecule has 1 N–H and O–H groups in total. The Kier molecular flexibility index (Phi) is 5.41. The molecule has 2 amide bonds. The zero-order valence-corrected chi connectivity index (χ0v) is 15.7. The summed E-state index contributed by atoms with van der Waals surface area (Å²) in [6, 6.07) is 8.24. The van der Waals surface area contributed by atoms with Crippen LogP contribution >= 0.6 is 35.0 Å². The highest BCUT2D eigenvalue weighted by atomic mass is 35.5. The first-order valence-corrected chi connectivity index (χ1v) is 9.01. The first kappa shape index (κ1) is 19.2. The van der Waals surface area contributed by atoms with Crippen molar-refractivity contribution in [1.82, 2.24) is 4.90 Å². The zero-order valence-electron chi connectivity index (χ0n) is 13.4. The lowest BCUT2D eigenvalue weighted by Gasteiger charge is -2.14. The molecule has 0 saturated carbocycles. The van der Waals surface area contributed by atoms with E-state index >= 15 is 0 Å². The molecule has 27 heavy (non-hydrogen) atoms. The number of nitrogens with zero attached hydrogens (tertiary/aromatic N) is 2. The zero-order chi connectivity index (χ0) is 19.7. The van der Waals surface area contributed by atoms with E-state index in [1.165, 1.54) is 6.08 Å². The maximum absolute atomic E-state index is 12.6. The average Bonchev–Trinajstić information content (AvgIpc) is 2.87. The molecular weight excluding hydrogens is 415 g/mol.